The highest BCUT2D eigenvalue weighted by Gasteiger charge is 2.25. The van der Waals surface area contributed by atoms with Crippen LogP contribution in [0.4, 0.5) is 0 Å². The quantitative estimate of drug-likeness (QED) is 0.113. The van der Waals surface area contributed by atoms with Crippen molar-refractivity contribution in [2.24, 2.45) is 0 Å². The Morgan fingerprint density at radius 3 is 1.48 bits per heavy atom. The predicted octanol–water partition coefficient (Wildman–Crippen LogP) is 7.32. The fourth-order valence-corrected chi connectivity index (χ4v) is 3.77. The molecule has 0 heterocycles. The zero-order valence-electron chi connectivity index (χ0n) is 18.1. The molecule has 0 fully saturated rings. The average Bonchev–Trinajstić information content (AvgIpc) is 2.62. The van der Waals surface area contributed by atoms with E-state index in [2.05, 4.69) is 19.1 Å². The molecule has 27 heavy (non-hydrogen) atoms. The van der Waals surface area contributed by atoms with Gasteiger partial charge in [-0.2, -0.15) is 0 Å². The van der Waals surface area contributed by atoms with Gasteiger partial charge in [-0.25, -0.2) is 0 Å². The van der Waals surface area contributed by atoms with Crippen molar-refractivity contribution in [3.63, 3.8) is 0 Å². The van der Waals surface area contributed by atoms with Crippen molar-refractivity contribution in [2.75, 3.05) is 13.2 Å². The van der Waals surface area contributed by atoms with E-state index in [1.807, 2.05) is 0 Å². The summed E-state index contributed by atoms with van der Waals surface area (Å²) in [4.78, 5) is -0.399. The van der Waals surface area contributed by atoms with Crippen LogP contribution in [0.15, 0.2) is 12.2 Å². The molecule has 4 heteroatoms. The van der Waals surface area contributed by atoms with Gasteiger partial charge in [-0.3, -0.25) is 0 Å². The highest BCUT2D eigenvalue weighted by molar-refractivity contribution is 6.23. The largest absolute Gasteiger partial charge is 0.396 e. The van der Waals surface area contributed by atoms with Crippen LogP contribution in [-0.4, -0.2) is 28.3 Å². The van der Waals surface area contributed by atoms with Gasteiger partial charge in [-0.1, -0.05) is 83.3 Å². The number of allylic oxidation sites excluding steroid dienone is 2. The maximum atomic E-state index is 9.09. The Kier molecular flexibility index (Phi) is 23.9. The number of hydrogen-bond donors (Lipinski definition) is 3. The molecule has 3 nitrogen and oxygen atoms in total. The first-order valence-electron chi connectivity index (χ1n) is 11.2. The monoisotopic (exact) mass is 405 g/mol. The summed E-state index contributed by atoms with van der Waals surface area (Å²) in [6.45, 7) is 2.48. The Balaban J connectivity index is 0. The second kappa shape index (κ2) is 22.2. The van der Waals surface area contributed by atoms with Crippen LogP contribution in [0.1, 0.15) is 116 Å². The molecule has 0 radical (unpaired) electrons. The molecule has 0 amide bonds. The van der Waals surface area contributed by atoms with Gasteiger partial charge >= 0.3 is 0 Å². The Hall–Kier alpha value is -0.0900. The fourth-order valence-electron chi connectivity index (χ4n) is 3.47. The second-order valence-corrected chi connectivity index (χ2v) is 8.59. The summed E-state index contributed by atoms with van der Waals surface area (Å²) >= 11 is 6.48. The van der Waals surface area contributed by atoms with Gasteiger partial charge in [0.25, 0.3) is 0 Å². The van der Waals surface area contributed by atoms with Crippen LogP contribution in [0, 0.1) is 0 Å². The maximum Gasteiger partial charge on any atom is 0.0490 e. The first-order valence-corrected chi connectivity index (χ1v) is 11.6. The van der Waals surface area contributed by atoms with Crippen molar-refractivity contribution < 1.29 is 10.2 Å². The lowest BCUT2D eigenvalue weighted by Crippen LogP contribution is -2.24. The van der Waals surface area contributed by atoms with Gasteiger partial charge in [0.15, 0.2) is 0 Å². The van der Waals surface area contributed by atoms with Gasteiger partial charge in [0.2, 0.25) is 0 Å². The van der Waals surface area contributed by atoms with Crippen LogP contribution in [0.2, 0.25) is 0 Å². The van der Waals surface area contributed by atoms with E-state index in [0.29, 0.717) is 12.8 Å². The molecule has 0 spiro atoms. The highest BCUT2D eigenvalue weighted by atomic mass is 35.5. The minimum absolute atomic E-state index is 0. The summed E-state index contributed by atoms with van der Waals surface area (Å²) in [5.41, 5.74) is 0. The van der Waals surface area contributed by atoms with Gasteiger partial charge in [-0.15, -0.1) is 11.6 Å². The molecule has 0 aliphatic heterocycles. The van der Waals surface area contributed by atoms with Gasteiger partial charge < -0.3 is 16.4 Å². The van der Waals surface area contributed by atoms with Gasteiger partial charge in [0.1, 0.15) is 0 Å². The van der Waals surface area contributed by atoms with Crippen molar-refractivity contribution in [1.29, 1.82) is 0 Å². The van der Waals surface area contributed by atoms with Crippen LogP contribution in [-0.2, 0) is 0 Å². The number of alkyl halides is 1. The topological polar surface area (TPSA) is 75.5 Å². The van der Waals surface area contributed by atoms with Crippen LogP contribution in [0.3, 0.4) is 0 Å². The summed E-state index contributed by atoms with van der Waals surface area (Å²) < 4.78 is 0. The van der Waals surface area contributed by atoms with Crippen LogP contribution >= 0.6 is 11.6 Å². The lowest BCUT2D eigenvalue weighted by Gasteiger charge is -2.25. The molecule has 0 aromatic rings. The zero-order valence-corrected chi connectivity index (χ0v) is 18.8. The minimum Gasteiger partial charge on any atom is -0.396 e. The third-order valence-electron chi connectivity index (χ3n) is 5.26. The molecule has 0 saturated carbocycles. The van der Waals surface area contributed by atoms with E-state index < -0.39 is 4.87 Å². The molecule has 0 atom stereocenters. The first kappa shape index (κ1) is 29.1. The van der Waals surface area contributed by atoms with Crippen molar-refractivity contribution in [2.45, 2.75) is 121 Å². The van der Waals surface area contributed by atoms with E-state index in [1.165, 1.54) is 83.5 Å². The first-order chi connectivity index (χ1) is 12.7. The predicted molar refractivity (Wildman–Crippen MR) is 121 cm³/mol. The molecular weight excluding hydrogens is 358 g/mol. The van der Waals surface area contributed by atoms with Gasteiger partial charge in [-0.05, 0) is 44.9 Å². The fraction of sp³-hybridized carbons (Fsp3) is 0.913. The van der Waals surface area contributed by atoms with E-state index >= 15 is 0 Å². The van der Waals surface area contributed by atoms with Crippen molar-refractivity contribution in [3.05, 3.63) is 12.2 Å². The normalized spacial score (nSPS) is 11.9. The van der Waals surface area contributed by atoms with Crippen molar-refractivity contribution in [1.82, 2.24) is 6.15 Å². The Labute approximate surface area is 174 Å². The summed E-state index contributed by atoms with van der Waals surface area (Å²) in [6, 6.07) is 0. The van der Waals surface area contributed by atoms with E-state index in [4.69, 9.17) is 21.8 Å². The molecule has 0 aromatic heterocycles. The van der Waals surface area contributed by atoms with Gasteiger partial charge in [0.05, 0.1) is 0 Å². The summed E-state index contributed by atoms with van der Waals surface area (Å²) in [5, 5.41) is 18.2. The average molecular weight is 406 g/mol. The summed E-state index contributed by atoms with van der Waals surface area (Å²) in [5.74, 6) is 0. The second-order valence-electron chi connectivity index (χ2n) is 7.79. The lowest BCUT2D eigenvalue weighted by atomic mass is 9.93. The Morgan fingerprint density at radius 1 is 0.630 bits per heavy atom. The zero-order chi connectivity index (χ0) is 19.3. The number of halogens is 1. The number of aliphatic hydroxyl groups is 2. The van der Waals surface area contributed by atoms with Crippen LogP contribution < -0.4 is 6.15 Å². The van der Waals surface area contributed by atoms with Crippen LogP contribution in [0.25, 0.3) is 0 Å². The number of unbranched alkanes of at least 4 members (excludes halogenated alkanes) is 12. The highest BCUT2D eigenvalue weighted by Crippen LogP contribution is 2.30. The van der Waals surface area contributed by atoms with E-state index in [0.717, 1.165) is 12.8 Å². The van der Waals surface area contributed by atoms with Crippen molar-refractivity contribution >= 4 is 11.6 Å². The Bertz CT molecular complexity index is 305. The molecule has 164 valence electrons. The van der Waals surface area contributed by atoms with Crippen LogP contribution in [0.5, 0.6) is 0 Å². The molecular formula is C23H48ClNO2. The molecule has 0 saturated heterocycles. The molecule has 0 bridgehead atoms. The number of aliphatic hydroxyl groups excluding tert-OH is 2. The molecule has 0 unspecified atom stereocenters. The molecule has 5 N–H and O–H groups in total. The minimum atomic E-state index is -0.399. The maximum absolute atomic E-state index is 9.09. The molecule has 0 aromatic carbocycles. The Morgan fingerprint density at radius 2 is 1.04 bits per heavy atom. The lowest BCUT2D eigenvalue weighted by molar-refractivity contribution is 0.220. The summed E-state index contributed by atoms with van der Waals surface area (Å²) in [6.07, 6.45) is 25.1. The van der Waals surface area contributed by atoms with E-state index in [-0.39, 0.29) is 19.4 Å². The molecule has 0 rings (SSSR count). The standard InChI is InChI=1S/C23H45ClO2.H3N/c1-2-3-4-5-6-7-8-9-10-11-12-13-14-15-16-17-18-23(24,19-21-25)20-22-26;/h9-10,25-26H,2-8,11-22H2,1H3;1H3/b10-9-;. The van der Waals surface area contributed by atoms with E-state index in [9.17, 15) is 0 Å². The SMILES string of the molecule is CCCCCCCC/C=C\CCCCCCCCC(Cl)(CCO)CCO.N. The molecule has 0 aliphatic rings. The van der Waals surface area contributed by atoms with Crippen molar-refractivity contribution in [3.8, 4) is 0 Å². The molecule has 0 aliphatic carbocycles. The third-order valence-corrected chi connectivity index (χ3v) is 5.82. The summed E-state index contributed by atoms with van der Waals surface area (Å²) in [7, 11) is 0. The van der Waals surface area contributed by atoms with E-state index in [1.54, 1.807) is 0 Å². The number of hydrogen-bond acceptors (Lipinski definition) is 3. The number of rotatable bonds is 20. The van der Waals surface area contributed by atoms with Gasteiger partial charge in [0, 0.05) is 18.1 Å². The third kappa shape index (κ3) is 20.5. The smallest absolute Gasteiger partial charge is 0.0490 e.